The van der Waals surface area contributed by atoms with Gasteiger partial charge in [-0.05, 0) is 31.0 Å². The van der Waals surface area contributed by atoms with Gasteiger partial charge in [0, 0.05) is 13.0 Å². The molecule has 0 spiro atoms. The molecule has 0 saturated carbocycles. The second-order valence-electron chi connectivity index (χ2n) is 7.01. The molecule has 0 saturated heterocycles. The molecule has 3 aromatic rings. The minimum absolute atomic E-state index is 0.112. The molecule has 28 heavy (non-hydrogen) atoms. The number of hydrogen-bond acceptors (Lipinski definition) is 4. The van der Waals surface area contributed by atoms with Gasteiger partial charge < -0.3 is 9.30 Å². The number of carbonyl (C=O) groups excluding carboxylic acids is 1. The third kappa shape index (κ3) is 4.85. The van der Waals surface area contributed by atoms with Crippen LogP contribution in [0.1, 0.15) is 43.0 Å². The Morgan fingerprint density at radius 2 is 1.96 bits per heavy atom. The predicted octanol–water partition coefficient (Wildman–Crippen LogP) is 4.18. The predicted molar refractivity (Wildman–Crippen MR) is 110 cm³/mol. The molecule has 1 aromatic heterocycles. The first kappa shape index (κ1) is 19.8. The van der Waals surface area contributed by atoms with Gasteiger partial charge in [-0.1, -0.05) is 55.3 Å². The minimum Gasteiger partial charge on any atom is -0.461 e. The highest BCUT2D eigenvalue weighted by Crippen LogP contribution is 2.12. The number of hydrogen-bond donors (Lipinski definition) is 0. The van der Waals surface area contributed by atoms with Gasteiger partial charge in [0.15, 0.2) is 0 Å². The van der Waals surface area contributed by atoms with Gasteiger partial charge in [-0.15, -0.1) is 0 Å². The van der Waals surface area contributed by atoms with Crippen LogP contribution < -0.4 is 5.56 Å². The number of esters is 1. The van der Waals surface area contributed by atoms with E-state index in [0.717, 1.165) is 35.0 Å². The molecule has 0 fully saturated rings. The summed E-state index contributed by atoms with van der Waals surface area (Å²) in [7, 11) is 0. The number of aryl methyl sites for hydroxylation is 3. The van der Waals surface area contributed by atoms with E-state index in [-0.39, 0.29) is 31.0 Å². The summed E-state index contributed by atoms with van der Waals surface area (Å²) < 4.78 is 7.13. The molecule has 2 aromatic carbocycles. The van der Waals surface area contributed by atoms with Gasteiger partial charge in [0.05, 0.1) is 17.5 Å². The summed E-state index contributed by atoms with van der Waals surface area (Å²) in [4.78, 5) is 29.5. The summed E-state index contributed by atoms with van der Waals surface area (Å²) in [5, 5.41) is 0. The largest absolute Gasteiger partial charge is 0.461 e. The van der Waals surface area contributed by atoms with Crippen molar-refractivity contribution in [3.63, 3.8) is 0 Å². The summed E-state index contributed by atoms with van der Waals surface area (Å²) in [5.74, 6) is -0.323. The fourth-order valence-corrected chi connectivity index (χ4v) is 3.20. The molecule has 0 aliphatic carbocycles. The lowest BCUT2D eigenvalue weighted by Crippen LogP contribution is -2.26. The average Bonchev–Trinajstić information content (AvgIpc) is 2.70. The Kier molecular flexibility index (Phi) is 6.58. The molecule has 0 aliphatic heterocycles. The fraction of sp³-hybridized carbons (Fsp3) is 0.348. The summed E-state index contributed by atoms with van der Waals surface area (Å²) in [6.45, 7) is 5.00. The van der Waals surface area contributed by atoms with E-state index in [1.54, 1.807) is 4.57 Å². The zero-order valence-corrected chi connectivity index (χ0v) is 16.5. The van der Waals surface area contributed by atoms with Crippen molar-refractivity contribution in [2.45, 2.75) is 52.7 Å². The van der Waals surface area contributed by atoms with Crippen molar-refractivity contribution >= 4 is 17.0 Å². The number of unbranched alkanes of at least 4 members (excludes halogenated alkanes) is 1. The summed E-state index contributed by atoms with van der Waals surface area (Å²) in [5.41, 5.74) is 4.01. The lowest BCUT2D eigenvalue weighted by molar-refractivity contribution is -0.144. The zero-order chi connectivity index (χ0) is 19.9. The standard InChI is InChI=1S/C23H26N2O3/c1-3-4-14-25-21-11-6-5-10-19(21)24-20(23(25)27)12-13-22(26)28-16-18-9-7-8-17(2)15-18/h5-11,15H,3-4,12-14,16H2,1-2H3. The maximum atomic E-state index is 12.9. The molecule has 5 nitrogen and oxygen atoms in total. The van der Waals surface area contributed by atoms with Crippen LogP contribution in [0.3, 0.4) is 0 Å². The van der Waals surface area contributed by atoms with Crippen molar-refractivity contribution in [2.75, 3.05) is 0 Å². The Bertz CT molecular complexity index is 1020. The van der Waals surface area contributed by atoms with Gasteiger partial charge in [-0.2, -0.15) is 0 Å². The monoisotopic (exact) mass is 378 g/mol. The van der Waals surface area contributed by atoms with Gasteiger partial charge >= 0.3 is 5.97 Å². The smallest absolute Gasteiger partial charge is 0.306 e. The molecule has 0 bridgehead atoms. The van der Waals surface area contributed by atoms with Crippen molar-refractivity contribution < 1.29 is 9.53 Å². The third-order valence-electron chi connectivity index (χ3n) is 4.70. The molecule has 0 amide bonds. The molecule has 1 heterocycles. The Morgan fingerprint density at radius 1 is 1.14 bits per heavy atom. The number of para-hydroxylation sites is 2. The lowest BCUT2D eigenvalue weighted by Gasteiger charge is -2.12. The normalized spacial score (nSPS) is 10.9. The molecule has 3 rings (SSSR count). The van der Waals surface area contributed by atoms with E-state index in [1.807, 2.05) is 55.5 Å². The summed E-state index contributed by atoms with van der Waals surface area (Å²) in [6.07, 6.45) is 2.35. The van der Waals surface area contributed by atoms with Crippen LogP contribution >= 0.6 is 0 Å². The number of rotatable bonds is 8. The van der Waals surface area contributed by atoms with Crippen LogP contribution in [0.5, 0.6) is 0 Å². The topological polar surface area (TPSA) is 61.2 Å². The van der Waals surface area contributed by atoms with Gasteiger partial charge in [0.25, 0.3) is 5.56 Å². The lowest BCUT2D eigenvalue weighted by atomic mass is 10.1. The van der Waals surface area contributed by atoms with Crippen LogP contribution in [0.15, 0.2) is 53.3 Å². The van der Waals surface area contributed by atoms with Crippen LogP contribution in [-0.4, -0.2) is 15.5 Å². The summed E-state index contributed by atoms with van der Waals surface area (Å²) >= 11 is 0. The molecule has 0 N–H and O–H groups in total. The average molecular weight is 378 g/mol. The molecule has 146 valence electrons. The van der Waals surface area contributed by atoms with E-state index >= 15 is 0 Å². The van der Waals surface area contributed by atoms with E-state index in [2.05, 4.69) is 11.9 Å². The first-order valence-corrected chi connectivity index (χ1v) is 9.78. The Labute approximate surface area is 165 Å². The van der Waals surface area contributed by atoms with Crippen molar-refractivity contribution in [3.05, 3.63) is 75.7 Å². The van der Waals surface area contributed by atoms with Gasteiger partial charge in [0.2, 0.25) is 0 Å². The molecule has 0 atom stereocenters. The Morgan fingerprint density at radius 3 is 2.75 bits per heavy atom. The second-order valence-corrected chi connectivity index (χ2v) is 7.01. The second kappa shape index (κ2) is 9.31. The van der Waals surface area contributed by atoms with E-state index in [0.29, 0.717) is 12.2 Å². The number of nitrogens with zero attached hydrogens (tertiary/aromatic N) is 2. The quantitative estimate of drug-likeness (QED) is 0.552. The van der Waals surface area contributed by atoms with Crippen LogP contribution in [-0.2, 0) is 29.1 Å². The van der Waals surface area contributed by atoms with Crippen LogP contribution in [0.25, 0.3) is 11.0 Å². The van der Waals surface area contributed by atoms with Crippen molar-refractivity contribution in [1.29, 1.82) is 0 Å². The highest BCUT2D eigenvalue weighted by Gasteiger charge is 2.13. The van der Waals surface area contributed by atoms with Crippen molar-refractivity contribution in [1.82, 2.24) is 9.55 Å². The number of ether oxygens (including phenoxy) is 1. The highest BCUT2D eigenvalue weighted by atomic mass is 16.5. The first-order chi connectivity index (χ1) is 13.6. The fourth-order valence-electron chi connectivity index (χ4n) is 3.20. The summed E-state index contributed by atoms with van der Waals surface area (Å²) in [6, 6.07) is 15.5. The minimum atomic E-state index is -0.323. The van der Waals surface area contributed by atoms with Gasteiger partial charge in [0.1, 0.15) is 12.3 Å². The third-order valence-corrected chi connectivity index (χ3v) is 4.70. The number of benzene rings is 2. The maximum Gasteiger partial charge on any atom is 0.306 e. The highest BCUT2D eigenvalue weighted by molar-refractivity contribution is 5.75. The molecule has 5 heteroatoms. The Hall–Kier alpha value is -2.95. The van der Waals surface area contributed by atoms with E-state index in [1.165, 1.54) is 0 Å². The van der Waals surface area contributed by atoms with E-state index < -0.39 is 0 Å². The molecular formula is C23H26N2O3. The number of aromatic nitrogens is 2. The zero-order valence-electron chi connectivity index (χ0n) is 16.5. The molecular weight excluding hydrogens is 352 g/mol. The first-order valence-electron chi connectivity index (χ1n) is 9.78. The van der Waals surface area contributed by atoms with Crippen LogP contribution in [0.4, 0.5) is 0 Å². The van der Waals surface area contributed by atoms with Crippen LogP contribution in [0, 0.1) is 6.92 Å². The van der Waals surface area contributed by atoms with E-state index in [4.69, 9.17) is 4.74 Å². The molecule has 0 aliphatic rings. The maximum absolute atomic E-state index is 12.9. The van der Waals surface area contributed by atoms with Crippen molar-refractivity contribution in [3.8, 4) is 0 Å². The van der Waals surface area contributed by atoms with Gasteiger partial charge in [-0.25, -0.2) is 4.98 Å². The van der Waals surface area contributed by atoms with Crippen molar-refractivity contribution in [2.24, 2.45) is 0 Å². The number of fused-ring (bicyclic) bond motifs is 1. The Balaban J connectivity index is 1.70. The van der Waals surface area contributed by atoms with Gasteiger partial charge in [-0.3, -0.25) is 9.59 Å². The molecule has 0 unspecified atom stereocenters. The molecule has 0 radical (unpaired) electrons. The van der Waals surface area contributed by atoms with E-state index in [9.17, 15) is 9.59 Å². The van der Waals surface area contributed by atoms with Crippen LogP contribution in [0.2, 0.25) is 0 Å². The number of carbonyl (C=O) groups is 1. The SMILES string of the molecule is CCCCn1c(=O)c(CCC(=O)OCc2cccc(C)c2)nc2ccccc21.